The molecule has 0 bridgehead atoms. The van der Waals surface area contributed by atoms with E-state index in [1.165, 1.54) is 32.0 Å². The van der Waals surface area contributed by atoms with Crippen LogP contribution in [0.2, 0.25) is 5.02 Å². The average molecular weight is 231 g/mol. The Morgan fingerprint density at radius 2 is 2.13 bits per heavy atom. The van der Waals surface area contributed by atoms with E-state index in [9.17, 15) is 9.18 Å². The van der Waals surface area contributed by atoms with Crippen LogP contribution in [0.25, 0.3) is 0 Å². The number of rotatable bonds is 2. The van der Waals surface area contributed by atoms with Crippen LogP contribution in [0, 0.1) is 5.82 Å². The van der Waals surface area contributed by atoms with E-state index in [2.05, 4.69) is 5.32 Å². The van der Waals surface area contributed by atoms with E-state index < -0.39 is 17.3 Å². The summed E-state index contributed by atoms with van der Waals surface area (Å²) in [7, 11) is 0. The molecule has 0 aliphatic carbocycles. The Balaban J connectivity index is 2.95. The van der Waals surface area contributed by atoms with Gasteiger partial charge in [0.2, 0.25) is 5.91 Å². The molecule has 0 fully saturated rings. The van der Waals surface area contributed by atoms with Crippen molar-refractivity contribution in [2.75, 3.05) is 5.32 Å². The van der Waals surface area contributed by atoms with Gasteiger partial charge in [-0.05, 0) is 26.0 Å². The van der Waals surface area contributed by atoms with Crippen molar-refractivity contribution in [2.24, 2.45) is 5.73 Å². The maximum atomic E-state index is 13.3. The number of benzene rings is 1. The second-order valence-electron chi connectivity index (χ2n) is 3.77. The molecular weight excluding hydrogens is 219 g/mol. The van der Waals surface area contributed by atoms with Crippen LogP contribution in [-0.4, -0.2) is 11.4 Å². The van der Waals surface area contributed by atoms with Crippen LogP contribution in [-0.2, 0) is 4.79 Å². The Morgan fingerprint density at radius 3 is 2.60 bits per heavy atom. The maximum absolute atomic E-state index is 13.3. The zero-order valence-corrected chi connectivity index (χ0v) is 9.23. The number of hydrogen-bond donors (Lipinski definition) is 2. The second kappa shape index (κ2) is 4.16. The van der Waals surface area contributed by atoms with Crippen molar-refractivity contribution in [3.8, 4) is 0 Å². The third-order valence-electron chi connectivity index (χ3n) is 1.79. The first kappa shape index (κ1) is 11.9. The molecule has 5 heteroatoms. The lowest BCUT2D eigenvalue weighted by molar-refractivity contribution is -0.120. The molecular formula is C10H12ClFN2O. The van der Waals surface area contributed by atoms with Gasteiger partial charge in [0.1, 0.15) is 5.82 Å². The first-order valence-corrected chi connectivity index (χ1v) is 4.74. The van der Waals surface area contributed by atoms with Crippen molar-refractivity contribution in [2.45, 2.75) is 19.4 Å². The van der Waals surface area contributed by atoms with Gasteiger partial charge in [0, 0.05) is 0 Å². The molecule has 0 saturated carbocycles. The number of para-hydroxylation sites is 1. The molecule has 1 aromatic carbocycles. The van der Waals surface area contributed by atoms with E-state index in [1.807, 2.05) is 0 Å². The summed E-state index contributed by atoms with van der Waals surface area (Å²) in [5.41, 5.74) is 4.43. The largest absolute Gasteiger partial charge is 0.321 e. The molecule has 0 aliphatic rings. The number of nitrogens with two attached hydrogens (primary N) is 1. The van der Waals surface area contributed by atoms with Crippen molar-refractivity contribution in [3.05, 3.63) is 29.0 Å². The van der Waals surface area contributed by atoms with Crippen molar-refractivity contribution < 1.29 is 9.18 Å². The zero-order valence-electron chi connectivity index (χ0n) is 8.47. The van der Waals surface area contributed by atoms with Crippen LogP contribution in [0.15, 0.2) is 18.2 Å². The third kappa shape index (κ3) is 2.91. The fourth-order valence-corrected chi connectivity index (χ4v) is 1.10. The van der Waals surface area contributed by atoms with Gasteiger partial charge in [0.25, 0.3) is 0 Å². The predicted molar refractivity (Wildman–Crippen MR) is 58.3 cm³/mol. The van der Waals surface area contributed by atoms with Gasteiger partial charge in [0.15, 0.2) is 0 Å². The number of nitrogens with one attached hydrogen (secondary N) is 1. The number of carbonyl (C=O) groups is 1. The highest BCUT2D eigenvalue weighted by molar-refractivity contribution is 6.33. The van der Waals surface area contributed by atoms with Gasteiger partial charge in [-0.25, -0.2) is 4.39 Å². The van der Waals surface area contributed by atoms with Crippen LogP contribution in [0.3, 0.4) is 0 Å². The summed E-state index contributed by atoms with van der Waals surface area (Å²) in [6.07, 6.45) is 0. The summed E-state index contributed by atoms with van der Waals surface area (Å²) in [6, 6.07) is 4.16. The van der Waals surface area contributed by atoms with Crippen molar-refractivity contribution in [1.29, 1.82) is 0 Å². The molecule has 1 rings (SSSR count). The van der Waals surface area contributed by atoms with E-state index in [0.717, 1.165) is 0 Å². The quantitative estimate of drug-likeness (QED) is 0.818. The fourth-order valence-electron chi connectivity index (χ4n) is 0.892. The van der Waals surface area contributed by atoms with Crippen molar-refractivity contribution in [3.63, 3.8) is 0 Å². The molecule has 1 amide bonds. The molecule has 0 radical (unpaired) electrons. The molecule has 3 N–H and O–H groups in total. The Bertz CT molecular complexity index is 367. The van der Waals surface area contributed by atoms with Gasteiger partial charge in [-0.3, -0.25) is 4.79 Å². The Hall–Kier alpha value is -1.13. The molecule has 0 aromatic heterocycles. The Kier molecular flexibility index (Phi) is 3.31. The first-order valence-electron chi connectivity index (χ1n) is 4.36. The summed E-state index contributed by atoms with van der Waals surface area (Å²) in [4.78, 5) is 11.5. The Labute approximate surface area is 92.4 Å². The minimum absolute atomic E-state index is 0.0392. The van der Waals surface area contributed by atoms with Crippen LogP contribution >= 0.6 is 11.6 Å². The molecule has 0 spiro atoms. The number of hydrogen-bond acceptors (Lipinski definition) is 2. The molecule has 15 heavy (non-hydrogen) atoms. The van der Waals surface area contributed by atoms with Gasteiger partial charge in [0.05, 0.1) is 16.2 Å². The summed E-state index contributed by atoms with van der Waals surface area (Å²) in [5, 5.41) is 2.49. The van der Waals surface area contributed by atoms with E-state index in [-0.39, 0.29) is 10.7 Å². The smallest absolute Gasteiger partial charge is 0.243 e. The van der Waals surface area contributed by atoms with Crippen LogP contribution in [0.5, 0.6) is 0 Å². The number of halogens is 2. The fraction of sp³-hybridized carbons (Fsp3) is 0.300. The Morgan fingerprint density at radius 1 is 1.53 bits per heavy atom. The lowest BCUT2D eigenvalue weighted by Gasteiger charge is -2.18. The van der Waals surface area contributed by atoms with Gasteiger partial charge in [-0.2, -0.15) is 0 Å². The molecule has 82 valence electrons. The van der Waals surface area contributed by atoms with Crippen LogP contribution in [0.4, 0.5) is 10.1 Å². The predicted octanol–water partition coefficient (Wildman–Crippen LogP) is 2.15. The van der Waals surface area contributed by atoms with Gasteiger partial charge >= 0.3 is 0 Å². The minimum atomic E-state index is -1.08. The first-order chi connectivity index (χ1) is 6.82. The molecule has 0 atom stereocenters. The molecule has 3 nitrogen and oxygen atoms in total. The summed E-state index contributed by atoms with van der Waals surface area (Å²) in [5.74, 6) is -1.07. The molecule has 0 saturated heterocycles. The minimum Gasteiger partial charge on any atom is -0.321 e. The molecule has 0 heterocycles. The molecule has 1 aromatic rings. The van der Waals surface area contributed by atoms with E-state index >= 15 is 0 Å². The summed E-state index contributed by atoms with van der Waals surface area (Å²) in [6.45, 7) is 3.05. The SMILES string of the molecule is CC(C)(N)C(=O)Nc1c(F)cccc1Cl. The highest BCUT2D eigenvalue weighted by atomic mass is 35.5. The lowest BCUT2D eigenvalue weighted by atomic mass is 10.1. The average Bonchev–Trinajstić information content (AvgIpc) is 2.09. The van der Waals surface area contributed by atoms with Gasteiger partial charge < -0.3 is 11.1 Å². The third-order valence-corrected chi connectivity index (χ3v) is 2.10. The van der Waals surface area contributed by atoms with Gasteiger partial charge in [-0.1, -0.05) is 17.7 Å². The molecule has 0 aliphatic heterocycles. The highest BCUT2D eigenvalue weighted by Gasteiger charge is 2.23. The van der Waals surface area contributed by atoms with E-state index in [0.29, 0.717) is 0 Å². The summed E-state index contributed by atoms with van der Waals surface area (Å²) < 4.78 is 13.3. The number of carbonyl (C=O) groups excluding carboxylic acids is 1. The monoisotopic (exact) mass is 230 g/mol. The standard InChI is InChI=1S/C10H12ClFN2O/c1-10(2,13)9(15)14-8-6(11)4-3-5-7(8)12/h3-5H,13H2,1-2H3,(H,14,15). The van der Waals surface area contributed by atoms with Crippen LogP contribution in [0.1, 0.15) is 13.8 Å². The molecule has 0 unspecified atom stereocenters. The van der Waals surface area contributed by atoms with Gasteiger partial charge in [-0.15, -0.1) is 0 Å². The maximum Gasteiger partial charge on any atom is 0.243 e. The number of anilines is 1. The normalized spacial score (nSPS) is 11.3. The second-order valence-corrected chi connectivity index (χ2v) is 4.18. The van der Waals surface area contributed by atoms with Crippen molar-refractivity contribution >= 4 is 23.2 Å². The van der Waals surface area contributed by atoms with Crippen LogP contribution < -0.4 is 11.1 Å². The topological polar surface area (TPSA) is 55.1 Å². The van der Waals surface area contributed by atoms with E-state index in [1.54, 1.807) is 0 Å². The zero-order chi connectivity index (χ0) is 11.6. The lowest BCUT2D eigenvalue weighted by Crippen LogP contribution is -2.45. The van der Waals surface area contributed by atoms with Crippen molar-refractivity contribution in [1.82, 2.24) is 0 Å². The number of amides is 1. The van der Waals surface area contributed by atoms with E-state index in [4.69, 9.17) is 17.3 Å². The summed E-state index contributed by atoms with van der Waals surface area (Å²) >= 11 is 5.73. The highest BCUT2D eigenvalue weighted by Crippen LogP contribution is 2.25.